The number of nitrogens with zero attached hydrogens (tertiary/aromatic N) is 2. The molecular weight excluding hydrogens is 684 g/mol. The predicted molar refractivity (Wildman–Crippen MR) is 192 cm³/mol. The maximum atomic E-state index is 13.0. The number of hydrogen-bond donors (Lipinski definition) is 7. The van der Waals surface area contributed by atoms with E-state index in [9.17, 15) is 34.5 Å². The second-order valence-electron chi connectivity index (χ2n) is 13.3. The molecule has 5 rings (SSSR count). The van der Waals surface area contributed by atoms with Gasteiger partial charge in [0, 0.05) is 26.2 Å². The highest BCUT2D eigenvalue weighted by Crippen LogP contribution is 2.23. The fraction of sp³-hybridized carbons (Fsp3) is 0.436. The van der Waals surface area contributed by atoms with Gasteiger partial charge in [0.1, 0.15) is 30.3 Å². The van der Waals surface area contributed by atoms with E-state index in [0.29, 0.717) is 44.1 Å². The van der Waals surface area contributed by atoms with Crippen LogP contribution in [0, 0.1) is 11.8 Å². The molecule has 14 nitrogen and oxygen atoms in total. The number of carbonyl (C=O) groups excluding carboxylic acids is 4. The number of benzene rings is 3. The third-order valence-corrected chi connectivity index (χ3v) is 9.51. The van der Waals surface area contributed by atoms with Crippen LogP contribution in [-0.2, 0) is 38.6 Å². The van der Waals surface area contributed by atoms with E-state index >= 15 is 0 Å². The average Bonchev–Trinajstić information content (AvgIpc) is 3.21. The average molecular weight is 735 g/mol. The van der Waals surface area contributed by atoms with Crippen LogP contribution in [0.2, 0.25) is 0 Å². The first kappa shape index (κ1) is 40.7. The fourth-order valence-corrected chi connectivity index (χ4v) is 6.47. The number of phenols is 1. The van der Waals surface area contributed by atoms with E-state index in [0.717, 1.165) is 49.7 Å². The Labute approximate surface area is 308 Å². The fourth-order valence-electron chi connectivity index (χ4n) is 6.47. The minimum absolute atomic E-state index is 0.0984. The molecule has 286 valence electrons. The molecule has 2 aliphatic rings. The standard InChI is InChI=1S/C23H28N2O5.C16H22N2O5/c26-21(22(27)24-29)20(23(28)25-13-5-2-6-14-25)15-17-9-11-19(12-10-17)30-16-18-7-3-1-4-8-18;19-12-6-4-11(5-7-12)10-13(14(20)15(21)17-23)16(22)18-8-2-1-3-9-18/h1,3-4,7-12,20-21,26,29H,2,5-6,13-16H2,(H,24,27);4-7,13-14,19-20,23H,1-3,8-10H2,(H,17,21)/t20-,21+;13-,14+/m11/s1. The van der Waals surface area contributed by atoms with Crippen molar-refractivity contribution in [1.82, 2.24) is 20.8 Å². The number of hydrogen-bond acceptors (Lipinski definition) is 10. The lowest BCUT2D eigenvalue weighted by atomic mass is 9.91. The summed E-state index contributed by atoms with van der Waals surface area (Å²) >= 11 is 0. The molecule has 14 heteroatoms. The summed E-state index contributed by atoms with van der Waals surface area (Å²) in [6, 6.07) is 23.3. The van der Waals surface area contributed by atoms with Gasteiger partial charge in [-0.2, -0.15) is 0 Å². The number of carbonyl (C=O) groups is 4. The van der Waals surface area contributed by atoms with Gasteiger partial charge in [-0.15, -0.1) is 0 Å². The van der Waals surface area contributed by atoms with Crippen molar-refractivity contribution in [3.05, 3.63) is 95.6 Å². The van der Waals surface area contributed by atoms with E-state index in [4.69, 9.17) is 15.2 Å². The van der Waals surface area contributed by atoms with Crippen molar-refractivity contribution < 1.29 is 49.6 Å². The van der Waals surface area contributed by atoms with Gasteiger partial charge < -0.3 is 29.9 Å². The summed E-state index contributed by atoms with van der Waals surface area (Å²) in [6.45, 7) is 2.91. The van der Waals surface area contributed by atoms with Crippen molar-refractivity contribution in [3.8, 4) is 11.5 Å². The summed E-state index contributed by atoms with van der Waals surface area (Å²) in [5, 5.41) is 47.4. The zero-order chi connectivity index (χ0) is 38.2. The summed E-state index contributed by atoms with van der Waals surface area (Å²) in [5.74, 6) is -3.70. The zero-order valence-electron chi connectivity index (χ0n) is 29.7. The normalized spacial score (nSPS) is 16.5. The van der Waals surface area contributed by atoms with Crippen LogP contribution in [-0.4, -0.2) is 97.5 Å². The lowest BCUT2D eigenvalue weighted by Gasteiger charge is -2.31. The molecule has 2 fully saturated rings. The number of likely N-dealkylation sites (tertiary alicyclic amines) is 2. The predicted octanol–water partition coefficient (Wildman–Crippen LogP) is 2.73. The second kappa shape index (κ2) is 20.9. The number of hydroxylamine groups is 2. The number of ether oxygens (including phenoxy) is 1. The van der Waals surface area contributed by atoms with Crippen LogP contribution in [0.4, 0.5) is 0 Å². The van der Waals surface area contributed by atoms with E-state index in [1.54, 1.807) is 34.1 Å². The third-order valence-electron chi connectivity index (χ3n) is 9.51. The summed E-state index contributed by atoms with van der Waals surface area (Å²) in [7, 11) is 0. The minimum atomic E-state index is -1.64. The molecule has 7 N–H and O–H groups in total. The molecule has 0 radical (unpaired) electrons. The number of amides is 4. The lowest BCUT2D eigenvalue weighted by Crippen LogP contribution is -2.48. The Bertz CT molecular complexity index is 1590. The van der Waals surface area contributed by atoms with Crippen molar-refractivity contribution in [3.63, 3.8) is 0 Å². The first-order chi connectivity index (χ1) is 25.6. The number of rotatable bonds is 13. The molecule has 0 aromatic heterocycles. The van der Waals surface area contributed by atoms with Crippen LogP contribution >= 0.6 is 0 Å². The molecular formula is C39H50N4O10. The molecule has 0 saturated carbocycles. The molecule has 0 bridgehead atoms. The third kappa shape index (κ3) is 12.3. The van der Waals surface area contributed by atoms with Crippen molar-refractivity contribution in [2.75, 3.05) is 26.2 Å². The van der Waals surface area contributed by atoms with E-state index in [1.165, 1.54) is 23.1 Å². The monoisotopic (exact) mass is 734 g/mol. The summed E-state index contributed by atoms with van der Waals surface area (Å²) in [6.07, 6.45) is 2.82. The first-order valence-corrected chi connectivity index (χ1v) is 18.0. The molecule has 4 atom stereocenters. The lowest BCUT2D eigenvalue weighted by molar-refractivity contribution is -0.150. The summed E-state index contributed by atoms with van der Waals surface area (Å²) in [5.41, 5.74) is 5.42. The van der Waals surface area contributed by atoms with E-state index < -0.39 is 35.9 Å². The second-order valence-corrected chi connectivity index (χ2v) is 13.3. The van der Waals surface area contributed by atoms with Gasteiger partial charge in [0.05, 0.1) is 11.8 Å². The molecule has 0 unspecified atom stereocenters. The van der Waals surface area contributed by atoms with Crippen molar-refractivity contribution >= 4 is 23.6 Å². The topological polar surface area (TPSA) is 209 Å². The Hall–Kier alpha value is -5.02. The highest BCUT2D eigenvalue weighted by molar-refractivity contribution is 5.89. The Morgan fingerprint density at radius 1 is 0.585 bits per heavy atom. The Balaban J connectivity index is 0.000000245. The van der Waals surface area contributed by atoms with Gasteiger partial charge in [-0.25, -0.2) is 11.0 Å². The van der Waals surface area contributed by atoms with Gasteiger partial charge in [0.2, 0.25) is 11.8 Å². The number of phenolic OH excluding ortho intramolecular Hbond substituents is 1. The maximum Gasteiger partial charge on any atom is 0.272 e. The van der Waals surface area contributed by atoms with Crippen LogP contribution in [0.3, 0.4) is 0 Å². The Morgan fingerprint density at radius 2 is 1.00 bits per heavy atom. The summed E-state index contributed by atoms with van der Waals surface area (Å²) < 4.78 is 5.78. The minimum Gasteiger partial charge on any atom is -0.508 e. The van der Waals surface area contributed by atoms with E-state index in [1.807, 2.05) is 42.5 Å². The zero-order valence-corrected chi connectivity index (χ0v) is 29.7. The number of piperidine rings is 2. The number of aliphatic hydroxyl groups excluding tert-OH is 2. The molecule has 0 aliphatic carbocycles. The highest BCUT2D eigenvalue weighted by atomic mass is 16.5. The molecule has 2 heterocycles. The van der Waals surface area contributed by atoms with Crippen LogP contribution in [0.5, 0.6) is 11.5 Å². The van der Waals surface area contributed by atoms with Gasteiger partial charge in [-0.05, 0) is 92.3 Å². The van der Waals surface area contributed by atoms with Gasteiger partial charge >= 0.3 is 0 Å². The van der Waals surface area contributed by atoms with Crippen LogP contribution < -0.4 is 15.7 Å². The number of aromatic hydroxyl groups is 1. The Kier molecular flexibility index (Phi) is 16.0. The van der Waals surface area contributed by atoms with Crippen molar-refractivity contribution in [1.29, 1.82) is 0 Å². The van der Waals surface area contributed by atoms with Crippen LogP contribution in [0.15, 0.2) is 78.9 Å². The van der Waals surface area contributed by atoms with Crippen LogP contribution in [0.1, 0.15) is 55.2 Å². The van der Waals surface area contributed by atoms with Gasteiger partial charge in [-0.1, -0.05) is 54.6 Å². The van der Waals surface area contributed by atoms with Gasteiger partial charge in [0.15, 0.2) is 0 Å². The van der Waals surface area contributed by atoms with Crippen molar-refractivity contribution in [2.24, 2.45) is 11.8 Å². The van der Waals surface area contributed by atoms with Crippen LogP contribution in [0.25, 0.3) is 0 Å². The molecule has 53 heavy (non-hydrogen) atoms. The molecule has 0 spiro atoms. The smallest absolute Gasteiger partial charge is 0.272 e. The van der Waals surface area contributed by atoms with Gasteiger partial charge in [0.25, 0.3) is 11.8 Å². The number of aliphatic hydroxyl groups is 2. The highest BCUT2D eigenvalue weighted by Gasteiger charge is 2.36. The van der Waals surface area contributed by atoms with E-state index in [2.05, 4.69) is 0 Å². The SMILES string of the molecule is O=C(NO)[C@@H](O)[C@@H](Cc1ccc(O)cc1)C(=O)N1CCCCC1.O=C(NO)[C@@H](O)[C@@H](Cc1ccc(OCc2ccccc2)cc1)C(=O)N1CCCCC1. The molecule has 2 saturated heterocycles. The summed E-state index contributed by atoms with van der Waals surface area (Å²) in [4.78, 5) is 52.4. The van der Waals surface area contributed by atoms with Gasteiger partial charge in [-0.3, -0.25) is 29.6 Å². The van der Waals surface area contributed by atoms with E-state index in [-0.39, 0.29) is 30.4 Å². The number of nitrogens with one attached hydrogen (secondary N) is 2. The maximum absolute atomic E-state index is 13.0. The molecule has 4 amide bonds. The quantitative estimate of drug-likeness (QED) is 0.101. The van der Waals surface area contributed by atoms with Crippen molar-refractivity contribution in [2.45, 2.75) is 70.2 Å². The largest absolute Gasteiger partial charge is 0.508 e. The molecule has 3 aromatic rings. The first-order valence-electron chi connectivity index (χ1n) is 18.0. The molecule has 3 aromatic carbocycles. The Morgan fingerprint density at radius 3 is 1.42 bits per heavy atom. The molecule has 2 aliphatic heterocycles.